The van der Waals surface area contributed by atoms with Crippen molar-refractivity contribution in [3.05, 3.63) is 83.9 Å². The van der Waals surface area contributed by atoms with Crippen LogP contribution in [0.4, 0.5) is 10.1 Å². The number of anilines is 1. The lowest BCUT2D eigenvalue weighted by Gasteiger charge is -2.20. The maximum atomic E-state index is 14.1. The van der Waals surface area contributed by atoms with Crippen molar-refractivity contribution < 1.29 is 9.18 Å². The number of hydrogen-bond acceptors (Lipinski definition) is 4. The number of aromatic nitrogens is 3. The lowest BCUT2D eigenvalue weighted by Crippen LogP contribution is -2.26. The largest absolute Gasteiger partial charge is 0.322 e. The van der Waals surface area contributed by atoms with Gasteiger partial charge in [0.05, 0.1) is 22.9 Å². The number of para-hydroxylation sites is 1. The zero-order chi connectivity index (χ0) is 21.8. The van der Waals surface area contributed by atoms with Crippen molar-refractivity contribution in [2.75, 3.05) is 5.32 Å². The third kappa shape index (κ3) is 4.61. The molecule has 4 rings (SSSR count). The minimum Gasteiger partial charge on any atom is -0.322 e. The minimum absolute atomic E-state index is 0.169. The summed E-state index contributed by atoms with van der Waals surface area (Å²) >= 11 is 1.57. The van der Waals surface area contributed by atoms with E-state index in [-0.39, 0.29) is 11.6 Å². The Hall–Kier alpha value is -3.19. The lowest BCUT2D eigenvalue weighted by molar-refractivity contribution is -0.119. The molecular weight excluding hydrogens is 411 g/mol. The van der Waals surface area contributed by atoms with Gasteiger partial charge in [0.15, 0.2) is 5.16 Å². The van der Waals surface area contributed by atoms with E-state index in [4.69, 9.17) is 4.98 Å². The number of carbonyl (C=O) groups is 1. The smallest absolute Gasteiger partial charge is 0.247 e. The van der Waals surface area contributed by atoms with Crippen molar-refractivity contribution in [2.45, 2.75) is 37.2 Å². The summed E-state index contributed by atoms with van der Waals surface area (Å²) < 4.78 is 16.0. The van der Waals surface area contributed by atoms with Crippen LogP contribution < -0.4 is 5.32 Å². The van der Waals surface area contributed by atoms with E-state index in [9.17, 15) is 9.18 Å². The normalized spacial score (nSPS) is 12.1. The van der Waals surface area contributed by atoms with Crippen LogP contribution in [0.5, 0.6) is 0 Å². The number of nitrogens with one attached hydrogen (secondary N) is 1. The monoisotopic (exact) mass is 434 g/mol. The van der Waals surface area contributed by atoms with E-state index in [1.54, 1.807) is 42.4 Å². The average molecular weight is 435 g/mol. The van der Waals surface area contributed by atoms with Crippen LogP contribution in [0.3, 0.4) is 0 Å². The topological polar surface area (TPSA) is 59.8 Å². The SMILES string of the molecule is CCC(C(=O)Nc1ccccc1F)n1c(SCc2ccc(C)cc2)nc2ccncc21. The van der Waals surface area contributed by atoms with Crippen molar-refractivity contribution in [3.63, 3.8) is 0 Å². The highest BCUT2D eigenvalue weighted by Crippen LogP contribution is 2.31. The van der Waals surface area contributed by atoms with Crippen molar-refractivity contribution >= 4 is 34.4 Å². The first-order chi connectivity index (χ1) is 15.1. The molecule has 0 saturated carbocycles. The number of aryl methyl sites for hydroxylation is 1. The van der Waals surface area contributed by atoms with Crippen LogP contribution in [-0.4, -0.2) is 20.4 Å². The van der Waals surface area contributed by atoms with Gasteiger partial charge in [0.25, 0.3) is 0 Å². The summed E-state index contributed by atoms with van der Waals surface area (Å²) in [5, 5.41) is 3.46. The minimum atomic E-state index is -0.547. The Balaban J connectivity index is 1.66. The maximum Gasteiger partial charge on any atom is 0.247 e. The van der Waals surface area contributed by atoms with Crippen molar-refractivity contribution in [1.29, 1.82) is 0 Å². The van der Waals surface area contributed by atoms with Crippen LogP contribution in [0.25, 0.3) is 11.0 Å². The molecule has 1 atom stereocenters. The summed E-state index contributed by atoms with van der Waals surface area (Å²) in [5.41, 5.74) is 4.12. The van der Waals surface area contributed by atoms with Crippen molar-refractivity contribution in [2.24, 2.45) is 0 Å². The molecule has 31 heavy (non-hydrogen) atoms. The summed E-state index contributed by atoms with van der Waals surface area (Å²) in [4.78, 5) is 22.1. The zero-order valence-electron chi connectivity index (χ0n) is 17.4. The van der Waals surface area contributed by atoms with E-state index in [1.807, 2.05) is 17.6 Å². The van der Waals surface area contributed by atoms with Gasteiger partial charge in [0.1, 0.15) is 11.9 Å². The molecule has 1 unspecified atom stereocenters. The molecule has 158 valence electrons. The predicted octanol–water partition coefficient (Wildman–Crippen LogP) is 5.76. The quantitative estimate of drug-likeness (QED) is 0.376. The Kier molecular flexibility index (Phi) is 6.32. The molecular formula is C24H23FN4OS. The fourth-order valence-electron chi connectivity index (χ4n) is 3.42. The van der Waals surface area contributed by atoms with Gasteiger partial charge in [0.2, 0.25) is 5.91 Å². The third-order valence-corrected chi connectivity index (χ3v) is 6.10. The van der Waals surface area contributed by atoms with Crippen LogP contribution in [0.15, 0.2) is 72.1 Å². The Bertz CT molecular complexity index is 1210. The predicted molar refractivity (Wildman–Crippen MR) is 123 cm³/mol. The number of imidazole rings is 1. The van der Waals surface area contributed by atoms with Crippen molar-refractivity contribution in [3.8, 4) is 0 Å². The van der Waals surface area contributed by atoms with E-state index >= 15 is 0 Å². The average Bonchev–Trinajstić information content (AvgIpc) is 3.14. The van der Waals surface area contributed by atoms with Gasteiger partial charge in [-0.3, -0.25) is 9.78 Å². The second-order valence-corrected chi connectivity index (χ2v) is 8.24. The third-order valence-electron chi connectivity index (χ3n) is 5.08. The molecule has 2 aromatic carbocycles. The van der Waals surface area contributed by atoms with Crippen LogP contribution in [0.2, 0.25) is 0 Å². The van der Waals surface area contributed by atoms with E-state index in [1.165, 1.54) is 17.2 Å². The molecule has 2 heterocycles. The molecule has 0 aliphatic heterocycles. The van der Waals surface area contributed by atoms with Crippen molar-refractivity contribution in [1.82, 2.24) is 14.5 Å². The standard InChI is InChI=1S/C24H23FN4OS/c1-3-21(23(30)27-19-7-5-4-6-18(19)25)29-22-14-26-13-12-20(22)28-24(29)31-15-17-10-8-16(2)9-11-17/h4-14,21H,3,15H2,1-2H3,(H,27,30). The van der Waals surface area contributed by atoms with Gasteiger partial charge in [-0.1, -0.05) is 60.6 Å². The fraction of sp³-hybridized carbons (Fsp3) is 0.208. The second-order valence-electron chi connectivity index (χ2n) is 7.30. The van der Waals surface area contributed by atoms with E-state index < -0.39 is 11.9 Å². The van der Waals surface area contributed by atoms with E-state index in [0.717, 1.165) is 21.9 Å². The summed E-state index contributed by atoms with van der Waals surface area (Å²) in [6, 6.07) is 15.8. The molecule has 1 N–H and O–H groups in total. The molecule has 7 heteroatoms. The van der Waals surface area contributed by atoms with Crippen LogP contribution in [0, 0.1) is 12.7 Å². The summed E-state index contributed by atoms with van der Waals surface area (Å²) in [6.45, 7) is 3.99. The number of fused-ring (bicyclic) bond motifs is 1. The molecule has 4 aromatic rings. The number of benzene rings is 2. The number of halogens is 1. The molecule has 0 aliphatic carbocycles. The van der Waals surface area contributed by atoms with Gasteiger partial charge in [-0.25, -0.2) is 9.37 Å². The van der Waals surface area contributed by atoms with Crippen LogP contribution >= 0.6 is 11.8 Å². The lowest BCUT2D eigenvalue weighted by atomic mass is 10.2. The molecule has 1 amide bonds. The zero-order valence-corrected chi connectivity index (χ0v) is 18.2. The highest BCUT2D eigenvalue weighted by atomic mass is 32.2. The number of thioether (sulfide) groups is 1. The Morgan fingerprint density at radius 3 is 2.68 bits per heavy atom. The van der Waals surface area contributed by atoms with E-state index in [2.05, 4.69) is 41.5 Å². The number of hydrogen-bond donors (Lipinski definition) is 1. The highest BCUT2D eigenvalue weighted by molar-refractivity contribution is 7.98. The first-order valence-electron chi connectivity index (χ1n) is 10.1. The molecule has 2 aromatic heterocycles. The molecule has 0 spiro atoms. The van der Waals surface area contributed by atoms with Crippen LogP contribution in [-0.2, 0) is 10.5 Å². The Morgan fingerprint density at radius 2 is 1.94 bits per heavy atom. The number of rotatable bonds is 7. The number of nitrogens with zero attached hydrogens (tertiary/aromatic N) is 3. The number of amides is 1. The van der Waals surface area contributed by atoms with Gasteiger partial charge in [0, 0.05) is 11.9 Å². The van der Waals surface area contributed by atoms with Gasteiger partial charge in [-0.2, -0.15) is 0 Å². The van der Waals surface area contributed by atoms with Gasteiger partial charge >= 0.3 is 0 Å². The number of carbonyl (C=O) groups excluding carboxylic acids is 1. The Morgan fingerprint density at radius 1 is 1.16 bits per heavy atom. The highest BCUT2D eigenvalue weighted by Gasteiger charge is 2.25. The van der Waals surface area contributed by atoms with Gasteiger partial charge < -0.3 is 9.88 Å². The molecule has 0 fully saturated rings. The molecule has 0 bridgehead atoms. The van der Waals surface area contributed by atoms with Gasteiger partial charge in [-0.05, 0) is 37.1 Å². The summed E-state index contributed by atoms with van der Waals surface area (Å²) in [7, 11) is 0. The van der Waals surface area contributed by atoms with E-state index in [0.29, 0.717) is 6.42 Å². The fourth-order valence-corrected chi connectivity index (χ4v) is 4.43. The first kappa shape index (κ1) is 21.1. The first-order valence-corrected chi connectivity index (χ1v) is 11.1. The summed E-state index contributed by atoms with van der Waals surface area (Å²) in [6.07, 6.45) is 3.94. The van der Waals surface area contributed by atoms with Gasteiger partial charge in [-0.15, -0.1) is 0 Å². The molecule has 5 nitrogen and oxygen atoms in total. The maximum absolute atomic E-state index is 14.1. The Labute approximate surface area is 184 Å². The molecule has 0 saturated heterocycles. The summed E-state index contributed by atoms with van der Waals surface area (Å²) in [5.74, 6) is -0.0210. The number of pyridine rings is 1. The van der Waals surface area contributed by atoms with Crippen LogP contribution in [0.1, 0.15) is 30.5 Å². The molecule has 0 aliphatic rings. The second kappa shape index (κ2) is 9.31. The molecule has 0 radical (unpaired) electrons.